The maximum atomic E-state index is 7.13. The number of hydrogen-bond acceptors (Lipinski definition) is 2. The third-order valence-electron chi connectivity index (χ3n) is 1.77. The molecule has 0 aliphatic carbocycles. The number of nitrogens with two attached hydrogens (primary N) is 1. The monoisotopic (exact) mass is 167 g/mol. The molecule has 3 N–H and O–H groups in total. The molecular formula is C9H17N3. The fraction of sp³-hybridized carbons (Fsp3) is 0.556. The van der Waals surface area contributed by atoms with Gasteiger partial charge in [0.05, 0.1) is 5.84 Å². The van der Waals surface area contributed by atoms with Crippen LogP contribution in [0.15, 0.2) is 16.8 Å². The van der Waals surface area contributed by atoms with Crippen molar-refractivity contribution in [3.63, 3.8) is 0 Å². The summed E-state index contributed by atoms with van der Waals surface area (Å²) in [4.78, 5) is 3.95. The van der Waals surface area contributed by atoms with Crippen molar-refractivity contribution in [1.82, 2.24) is 0 Å². The highest BCUT2D eigenvalue weighted by atomic mass is 14.8. The van der Waals surface area contributed by atoms with E-state index >= 15 is 0 Å². The van der Waals surface area contributed by atoms with Gasteiger partial charge in [0.2, 0.25) is 0 Å². The Labute approximate surface area is 73.9 Å². The second kappa shape index (κ2) is 5.52. The van der Waals surface area contributed by atoms with Crippen LogP contribution in [0.1, 0.15) is 27.2 Å². The van der Waals surface area contributed by atoms with Gasteiger partial charge in [-0.05, 0) is 24.8 Å². The van der Waals surface area contributed by atoms with Crippen LogP contribution in [0.2, 0.25) is 0 Å². The summed E-state index contributed by atoms with van der Waals surface area (Å²) >= 11 is 0. The normalized spacial score (nSPS) is 15.9. The van der Waals surface area contributed by atoms with Crippen molar-refractivity contribution >= 4 is 12.1 Å². The molecule has 0 heterocycles. The topological polar surface area (TPSA) is 62.2 Å². The minimum Gasteiger partial charge on any atom is -0.387 e. The van der Waals surface area contributed by atoms with Gasteiger partial charge < -0.3 is 11.1 Å². The van der Waals surface area contributed by atoms with Crippen LogP contribution in [-0.2, 0) is 0 Å². The first-order valence-corrected chi connectivity index (χ1v) is 4.12. The van der Waals surface area contributed by atoms with Crippen LogP contribution in [0.3, 0.4) is 0 Å². The molecule has 1 atom stereocenters. The van der Waals surface area contributed by atoms with E-state index in [1.54, 1.807) is 13.1 Å². The van der Waals surface area contributed by atoms with Gasteiger partial charge in [-0.1, -0.05) is 13.8 Å². The molecule has 0 aromatic carbocycles. The zero-order valence-corrected chi connectivity index (χ0v) is 7.96. The minimum atomic E-state index is 0.380. The lowest BCUT2D eigenvalue weighted by atomic mass is 10.0. The highest BCUT2D eigenvalue weighted by Gasteiger charge is 2.02. The molecule has 0 aliphatic rings. The minimum absolute atomic E-state index is 0.380. The van der Waals surface area contributed by atoms with E-state index in [1.807, 2.05) is 0 Å². The van der Waals surface area contributed by atoms with E-state index in [0.717, 1.165) is 12.0 Å². The first-order chi connectivity index (χ1) is 5.61. The Hall–Kier alpha value is -1.12. The van der Waals surface area contributed by atoms with E-state index in [-0.39, 0.29) is 0 Å². The molecule has 0 radical (unpaired) electrons. The molecule has 0 rings (SSSR count). The van der Waals surface area contributed by atoms with Gasteiger partial charge in [-0.3, -0.25) is 0 Å². The van der Waals surface area contributed by atoms with E-state index in [0.29, 0.717) is 11.8 Å². The third-order valence-corrected chi connectivity index (χ3v) is 1.77. The Morgan fingerprint density at radius 1 is 1.67 bits per heavy atom. The first-order valence-electron chi connectivity index (χ1n) is 4.12. The van der Waals surface area contributed by atoms with Gasteiger partial charge in [0, 0.05) is 12.4 Å². The van der Waals surface area contributed by atoms with E-state index in [4.69, 9.17) is 11.1 Å². The SMILES string of the molecule is CCC(C)/C(C=N)=C/N=C(C)N. The van der Waals surface area contributed by atoms with E-state index < -0.39 is 0 Å². The third kappa shape index (κ3) is 3.91. The summed E-state index contributed by atoms with van der Waals surface area (Å²) in [5.41, 5.74) is 6.29. The van der Waals surface area contributed by atoms with Crippen LogP contribution in [0, 0.1) is 11.3 Å². The number of rotatable bonds is 4. The predicted octanol–water partition coefficient (Wildman–Crippen LogP) is 1.94. The molecule has 0 saturated heterocycles. The molecule has 0 bridgehead atoms. The molecule has 68 valence electrons. The number of nitrogens with one attached hydrogen (secondary N) is 1. The van der Waals surface area contributed by atoms with Crippen LogP contribution in [-0.4, -0.2) is 12.1 Å². The second-order valence-corrected chi connectivity index (χ2v) is 2.85. The molecule has 0 aromatic rings. The Morgan fingerprint density at radius 3 is 2.58 bits per heavy atom. The standard InChI is InChI=1S/C9H17N3/c1-4-7(2)9(5-10)6-12-8(3)11/h5-7,10H,4H2,1-3H3,(H2,11,12)/b9-6+,10-5?. The second-order valence-electron chi connectivity index (χ2n) is 2.85. The van der Waals surface area contributed by atoms with Crippen molar-refractivity contribution in [2.24, 2.45) is 16.6 Å². The van der Waals surface area contributed by atoms with Crippen molar-refractivity contribution in [3.8, 4) is 0 Å². The lowest BCUT2D eigenvalue weighted by molar-refractivity contribution is 0.678. The summed E-state index contributed by atoms with van der Waals surface area (Å²) in [6.45, 7) is 5.88. The number of aliphatic imine (C=N–C) groups is 1. The van der Waals surface area contributed by atoms with Crippen molar-refractivity contribution in [2.75, 3.05) is 0 Å². The maximum absolute atomic E-state index is 7.13. The van der Waals surface area contributed by atoms with Crippen LogP contribution >= 0.6 is 0 Å². The molecular weight excluding hydrogens is 150 g/mol. The van der Waals surface area contributed by atoms with Crippen molar-refractivity contribution in [2.45, 2.75) is 27.2 Å². The zero-order valence-electron chi connectivity index (χ0n) is 7.96. The van der Waals surface area contributed by atoms with E-state index in [9.17, 15) is 0 Å². The quantitative estimate of drug-likeness (QED) is 0.488. The Morgan fingerprint density at radius 2 is 2.25 bits per heavy atom. The van der Waals surface area contributed by atoms with Crippen LogP contribution in [0.25, 0.3) is 0 Å². The largest absolute Gasteiger partial charge is 0.387 e. The van der Waals surface area contributed by atoms with Crippen molar-refractivity contribution in [1.29, 1.82) is 5.41 Å². The number of amidine groups is 1. The molecule has 3 heteroatoms. The lowest BCUT2D eigenvalue weighted by Crippen LogP contribution is -2.05. The molecule has 1 unspecified atom stereocenters. The highest BCUT2D eigenvalue weighted by molar-refractivity contribution is 5.80. The molecule has 0 aromatic heterocycles. The lowest BCUT2D eigenvalue weighted by Gasteiger charge is -2.06. The van der Waals surface area contributed by atoms with Crippen molar-refractivity contribution < 1.29 is 0 Å². The number of hydrogen-bond donors (Lipinski definition) is 2. The molecule has 0 spiro atoms. The summed E-state index contributed by atoms with van der Waals surface area (Å²) in [5.74, 6) is 0.906. The summed E-state index contributed by atoms with van der Waals surface area (Å²) in [7, 11) is 0. The van der Waals surface area contributed by atoms with Gasteiger partial charge in [0.1, 0.15) is 0 Å². The average Bonchev–Trinajstić information content (AvgIpc) is 2.04. The smallest absolute Gasteiger partial charge is 0.0957 e. The molecule has 12 heavy (non-hydrogen) atoms. The Bertz CT molecular complexity index is 200. The molecule has 0 amide bonds. The predicted molar refractivity (Wildman–Crippen MR) is 53.6 cm³/mol. The van der Waals surface area contributed by atoms with Gasteiger partial charge in [-0.15, -0.1) is 0 Å². The van der Waals surface area contributed by atoms with Crippen molar-refractivity contribution in [3.05, 3.63) is 11.8 Å². The zero-order chi connectivity index (χ0) is 9.56. The van der Waals surface area contributed by atoms with Gasteiger partial charge in [-0.25, -0.2) is 4.99 Å². The summed E-state index contributed by atoms with van der Waals surface area (Å²) in [5, 5.41) is 7.13. The summed E-state index contributed by atoms with van der Waals surface area (Å²) < 4.78 is 0. The molecule has 0 saturated carbocycles. The fourth-order valence-electron chi connectivity index (χ4n) is 0.719. The van der Waals surface area contributed by atoms with E-state index in [1.165, 1.54) is 6.21 Å². The molecule has 3 nitrogen and oxygen atoms in total. The van der Waals surface area contributed by atoms with Gasteiger partial charge in [0.15, 0.2) is 0 Å². The first kappa shape index (κ1) is 10.9. The summed E-state index contributed by atoms with van der Waals surface area (Å²) in [6, 6.07) is 0. The highest BCUT2D eigenvalue weighted by Crippen LogP contribution is 2.11. The Balaban J connectivity index is 4.43. The van der Waals surface area contributed by atoms with E-state index in [2.05, 4.69) is 18.8 Å². The summed E-state index contributed by atoms with van der Waals surface area (Å²) in [6.07, 6.45) is 4.01. The molecule has 0 fully saturated rings. The number of nitrogens with zero attached hydrogens (tertiary/aromatic N) is 1. The van der Waals surface area contributed by atoms with Crippen LogP contribution in [0.4, 0.5) is 0 Å². The van der Waals surface area contributed by atoms with Crippen LogP contribution in [0.5, 0.6) is 0 Å². The number of allylic oxidation sites excluding steroid dienone is 1. The van der Waals surface area contributed by atoms with Crippen LogP contribution < -0.4 is 5.73 Å². The molecule has 0 aliphatic heterocycles. The fourth-order valence-corrected chi connectivity index (χ4v) is 0.719. The maximum Gasteiger partial charge on any atom is 0.0957 e. The van der Waals surface area contributed by atoms with Gasteiger partial charge in [-0.2, -0.15) is 0 Å². The van der Waals surface area contributed by atoms with Gasteiger partial charge >= 0.3 is 0 Å². The Kier molecular flexibility index (Phi) is 5.00. The van der Waals surface area contributed by atoms with Gasteiger partial charge in [0.25, 0.3) is 0 Å². The average molecular weight is 167 g/mol.